The Hall–Kier alpha value is -1.42. The van der Waals surface area contributed by atoms with Crippen LogP contribution in [0, 0.1) is 5.82 Å². The Bertz CT molecular complexity index is 414. The van der Waals surface area contributed by atoms with Crippen LogP contribution < -0.4 is 10.6 Å². The van der Waals surface area contributed by atoms with Gasteiger partial charge in [0.05, 0.1) is 5.69 Å². The minimum atomic E-state index is -0.310. The first-order valence-corrected chi connectivity index (χ1v) is 6.00. The SMILES string of the molecule is NCCC(=O)c1ccc(N2CCCC2)c(F)c1. The highest BCUT2D eigenvalue weighted by Crippen LogP contribution is 2.24. The molecule has 0 atom stereocenters. The van der Waals surface area contributed by atoms with E-state index in [-0.39, 0.29) is 18.0 Å². The summed E-state index contributed by atoms with van der Waals surface area (Å²) in [7, 11) is 0. The molecule has 1 fully saturated rings. The van der Waals surface area contributed by atoms with Crippen molar-refractivity contribution in [1.29, 1.82) is 0 Å². The zero-order valence-corrected chi connectivity index (χ0v) is 9.79. The molecule has 1 heterocycles. The lowest BCUT2D eigenvalue weighted by Gasteiger charge is -2.18. The number of benzene rings is 1. The second-order valence-electron chi connectivity index (χ2n) is 4.32. The second-order valence-corrected chi connectivity index (χ2v) is 4.32. The molecule has 92 valence electrons. The van der Waals surface area contributed by atoms with E-state index in [4.69, 9.17) is 5.73 Å². The van der Waals surface area contributed by atoms with Gasteiger partial charge in [0.2, 0.25) is 0 Å². The Morgan fingerprint density at radius 3 is 2.65 bits per heavy atom. The highest BCUT2D eigenvalue weighted by molar-refractivity contribution is 5.96. The largest absolute Gasteiger partial charge is 0.369 e. The third-order valence-corrected chi connectivity index (χ3v) is 3.09. The number of halogens is 1. The van der Waals surface area contributed by atoms with Gasteiger partial charge in [0, 0.05) is 25.1 Å². The van der Waals surface area contributed by atoms with Crippen molar-refractivity contribution in [2.45, 2.75) is 19.3 Å². The van der Waals surface area contributed by atoms with Gasteiger partial charge in [-0.15, -0.1) is 0 Å². The normalized spacial score (nSPS) is 15.3. The monoisotopic (exact) mass is 236 g/mol. The summed E-state index contributed by atoms with van der Waals surface area (Å²) in [5, 5.41) is 0. The number of hydrogen-bond donors (Lipinski definition) is 1. The molecule has 2 N–H and O–H groups in total. The number of carbonyl (C=O) groups excluding carboxylic acids is 1. The first kappa shape index (κ1) is 12.0. The number of carbonyl (C=O) groups is 1. The Morgan fingerprint density at radius 2 is 2.06 bits per heavy atom. The quantitative estimate of drug-likeness (QED) is 0.813. The predicted octanol–water partition coefficient (Wildman–Crippen LogP) is 1.96. The third kappa shape index (κ3) is 2.64. The van der Waals surface area contributed by atoms with Gasteiger partial charge in [-0.05, 0) is 37.6 Å². The number of rotatable bonds is 4. The van der Waals surface area contributed by atoms with E-state index in [0.29, 0.717) is 17.8 Å². The predicted molar refractivity (Wildman–Crippen MR) is 65.8 cm³/mol. The first-order chi connectivity index (χ1) is 8.22. The topological polar surface area (TPSA) is 46.3 Å². The van der Waals surface area contributed by atoms with E-state index in [1.807, 2.05) is 4.90 Å². The van der Waals surface area contributed by atoms with E-state index in [0.717, 1.165) is 25.9 Å². The van der Waals surface area contributed by atoms with E-state index in [9.17, 15) is 9.18 Å². The Kier molecular flexibility index (Phi) is 3.74. The summed E-state index contributed by atoms with van der Waals surface area (Å²) < 4.78 is 13.9. The summed E-state index contributed by atoms with van der Waals surface area (Å²) >= 11 is 0. The minimum absolute atomic E-state index is 0.0978. The van der Waals surface area contributed by atoms with Crippen LogP contribution in [0.4, 0.5) is 10.1 Å². The van der Waals surface area contributed by atoms with Crippen LogP contribution in [-0.4, -0.2) is 25.4 Å². The van der Waals surface area contributed by atoms with Crippen LogP contribution in [0.15, 0.2) is 18.2 Å². The molecule has 0 aliphatic carbocycles. The molecule has 1 aliphatic rings. The van der Waals surface area contributed by atoms with Gasteiger partial charge < -0.3 is 10.6 Å². The fourth-order valence-electron chi connectivity index (χ4n) is 2.17. The highest BCUT2D eigenvalue weighted by Gasteiger charge is 2.17. The lowest BCUT2D eigenvalue weighted by atomic mass is 10.1. The maximum absolute atomic E-state index is 13.9. The average molecular weight is 236 g/mol. The molecule has 0 unspecified atom stereocenters. The molecule has 4 heteroatoms. The van der Waals surface area contributed by atoms with Crippen molar-refractivity contribution < 1.29 is 9.18 Å². The van der Waals surface area contributed by atoms with Gasteiger partial charge in [0.15, 0.2) is 5.78 Å². The van der Waals surface area contributed by atoms with Gasteiger partial charge >= 0.3 is 0 Å². The molecule has 0 amide bonds. The molecule has 0 spiro atoms. The maximum Gasteiger partial charge on any atom is 0.164 e. The molecular weight excluding hydrogens is 219 g/mol. The van der Waals surface area contributed by atoms with Crippen molar-refractivity contribution in [3.63, 3.8) is 0 Å². The van der Waals surface area contributed by atoms with Crippen LogP contribution in [0.3, 0.4) is 0 Å². The van der Waals surface area contributed by atoms with Gasteiger partial charge in [-0.2, -0.15) is 0 Å². The summed E-state index contributed by atoms with van der Waals surface area (Å²) in [6.07, 6.45) is 2.48. The summed E-state index contributed by atoms with van der Waals surface area (Å²) in [5.41, 5.74) is 6.33. The van der Waals surface area contributed by atoms with Crippen molar-refractivity contribution in [2.24, 2.45) is 5.73 Å². The molecule has 1 aromatic rings. The molecule has 0 saturated carbocycles. The summed E-state index contributed by atoms with van der Waals surface area (Å²) in [6.45, 7) is 2.09. The van der Waals surface area contributed by atoms with Crippen LogP contribution in [0.25, 0.3) is 0 Å². The number of nitrogens with zero attached hydrogens (tertiary/aromatic N) is 1. The second kappa shape index (κ2) is 5.27. The summed E-state index contributed by atoms with van der Waals surface area (Å²) in [5.74, 6) is -0.408. The Labute approximate surface area is 100 Å². The Balaban J connectivity index is 2.19. The Morgan fingerprint density at radius 1 is 1.35 bits per heavy atom. The van der Waals surface area contributed by atoms with Crippen molar-refractivity contribution >= 4 is 11.5 Å². The van der Waals surface area contributed by atoms with Crippen molar-refractivity contribution in [3.05, 3.63) is 29.6 Å². The number of anilines is 1. The lowest BCUT2D eigenvalue weighted by molar-refractivity contribution is 0.0985. The van der Waals surface area contributed by atoms with E-state index < -0.39 is 0 Å². The zero-order valence-electron chi connectivity index (χ0n) is 9.79. The van der Waals surface area contributed by atoms with Crippen LogP contribution in [-0.2, 0) is 0 Å². The van der Waals surface area contributed by atoms with Gasteiger partial charge in [0.1, 0.15) is 5.82 Å². The molecular formula is C13H17FN2O. The number of Topliss-reactive ketones (excluding diaryl/α,β-unsaturated/α-hetero) is 1. The van der Waals surface area contributed by atoms with E-state index in [2.05, 4.69) is 0 Å². The van der Waals surface area contributed by atoms with Crippen molar-refractivity contribution in [1.82, 2.24) is 0 Å². The maximum atomic E-state index is 13.9. The average Bonchev–Trinajstić information content (AvgIpc) is 2.82. The van der Waals surface area contributed by atoms with E-state index in [1.54, 1.807) is 12.1 Å². The summed E-state index contributed by atoms with van der Waals surface area (Å²) in [6, 6.07) is 4.71. The zero-order chi connectivity index (χ0) is 12.3. The smallest absolute Gasteiger partial charge is 0.164 e. The highest BCUT2D eigenvalue weighted by atomic mass is 19.1. The number of nitrogens with two attached hydrogens (primary N) is 1. The van der Waals surface area contributed by atoms with Gasteiger partial charge in [-0.25, -0.2) is 4.39 Å². The van der Waals surface area contributed by atoms with Crippen LogP contribution in [0.2, 0.25) is 0 Å². The standard InChI is InChI=1S/C13H17FN2O/c14-11-9-10(13(17)5-6-15)3-4-12(11)16-7-1-2-8-16/h3-4,9H,1-2,5-8,15H2. The summed E-state index contributed by atoms with van der Waals surface area (Å²) in [4.78, 5) is 13.6. The molecule has 1 saturated heterocycles. The van der Waals surface area contributed by atoms with Crippen LogP contribution in [0.5, 0.6) is 0 Å². The van der Waals surface area contributed by atoms with Crippen LogP contribution >= 0.6 is 0 Å². The molecule has 17 heavy (non-hydrogen) atoms. The third-order valence-electron chi connectivity index (χ3n) is 3.09. The fourth-order valence-corrected chi connectivity index (χ4v) is 2.17. The van der Waals surface area contributed by atoms with E-state index >= 15 is 0 Å². The first-order valence-electron chi connectivity index (χ1n) is 6.00. The molecule has 0 bridgehead atoms. The molecule has 2 rings (SSSR count). The van der Waals surface area contributed by atoms with Crippen molar-refractivity contribution in [2.75, 3.05) is 24.5 Å². The van der Waals surface area contributed by atoms with Gasteiger partial charge in [0.25, 0.3) is 0 Å². The molecule has 0 radical (unpaired) electrons. The number of ketones is 1. The lowest BCUT2D eigenvalue weighted by Crippen LogP contribution is -2.19. The fraction of sp³-hybridized carbons (Fsp3) is 0.462. The van der Waals surface area contributed by atoms with Gasteiger partial charge in [-0.1, -0.05) is 0 Å². The van der Waals surface area contributed by atoms with Crippen molar-refractivity contribution in [3.8, 4) is 0 Å². The molecule has 1 aromatic carbocycles. The number of hydrogen-bond acceptors (Lipinski definition) is 3. The minimum Gasteiger partial charge on any atom is -0.369 e. The molecule has 0 aromatic heterocycles. The van der Waals surface area contributed by atoms with E-state index in [1.165, 1.54) is 6.07 Å². The molecule has 1 aliphatic heterocycles. The molecule has 3 nitrogen and oxygen atoms in total. The van der Waals surface area contributed by atoms with Gasteiger partial charge in [-0.3, -0.25) is 4.79 Å². The van der Waals surface area contributed by atoms with Crippen LogP contribution in [0.1, 0.15) is 29.6 Å².